The van der Waals surface area contributed by atoms with Gasteiger partial charge < -0.3 is 33.8 Å². The minimum absolute atomic E-state index is 0.0349. The first-order valence-corrected chi connectivity index (χ1v) is 44.1. The zero-order valence-corrected chi connectivity index (χ0v) is 67.5. The summed E-state index contributed by atoms with van der Waals surface area (Å²) in [7, 11) is -9.98. The Morgan fingerprint density at radius 2 is 0.519 bits per heavy atom. The molecule has 0 bridgehead atoms. The van der Waals surface area contributed by atoms with Crippen molar-refractivity contribution in [2.75, 3.05) is 39.6 Å². The second-order valence-electron chi connectivity index (χ2n) is 27.3. The Balaban J connectivity index is 5.42. The Morgan fingerprint density at radius 1 is 0.279 bits per heavy atom. The summed E-state index contributed by atoms with van der Waals surface area (Å²) in [6.45, 7) is 4.67. The number of hydrogen-bond donors (Lipinski definition) is 3. The second-order valence-corrected chi connectivity index (χ2v) is 30.2. The number of aliphatic hydroxyl groups is 1. The van der Waals surface area contributed by atoms with Gasteiger partial charge in [-0.05, 0) is 141 Å². The molecule has 5 atom stereocenters. The van der Waals surface area contributed by atoms with Gasteiger partial charge in [-0.3, -0.25) is 37.3 Å². The lowest BCUT2D eigenvalue weighted by molar-refractivity contribution is -0.161. The predicted molar refractivity (Wildman–Crippen MR) is 427 cm³/mol. The van der Waals surface area contributed by atoms with Crippen LogP contribution >= 0.6 is 15.6 Å². The zero-order chi connectivity index (χ0) is 76.0. The average molecular weight is 1500 g/mol. The van der Waals surface area contributed by atoms with Crippen molar-refractivity contribution >= 4 is 39.5 Å². The summed E-state index contributed by atoms with van der Waals surface area (Å²) in [4.78, 5) is 73.1. The molecule has 0 fully saturated rings. The van der Waals surface area contributed by atoms with E-state index in [-0.39, 0.29) is 25.7 Å². The molecule has 2 unspecified atom stereocenters. The summed E-state index contributed by atoms with van der Waals surface area (Å²) in [5, 5.41) is 10.6. The molecule has 600 valence electrons. The number of phosphoric ester groups is 2. The van der Waals surface area contributed by atoms with Crippen molar-refractivity contribution < 1.29 is 80.2 Å². The van der Waals surface area contributed by atoms with Crippen LogP contribution in [0, 0.1) is 0 Å². The van der Waals surface area contributed by atoms with Crippen molar-refractivity contribution in [3.63, 3.8) is 0 Å². The number of unbranched alkanes of at least 4 members (excludes halogenated alkanes) is 33. The molecule has 0 aromatic carbocycles. The predicted octanol–water partition coefficient (Wildman–Crippen LogP) is 24.1. The fraction of sp³-hybridized carbons (Fsp3) is 0.741. The molecule has 3 N–H and O–H groups in total. The molecule has 0 rings (SSSR count). The van der Waals surface area contributed by atoms with Crippen molar-refractivity contribution in [2.45, 2.75) is 367 Å². The van der Waals surface area contributed by atoms with Crippen LogP contribution in [0.5, 0.6) is 0 Å². The van der Waals surface area contributed by atoms with Crippen molar-refractivity contribution in [2.24, 2.45) is 0 Å². The Bertz CT molecular complexity index is 2390. The maximum atomic E-state index is 13.1. The van der Waals surface area contributed by atoms with E-state index < -0.39 is 97.5 Å². The van der Waals surface area contributed by atoms with E-state index in [0.29, 0.717) is 32.1 Å². The first-order valence-electron chi connectivity index (χ1n) is 41.1. The standard InChI is InChI=1S/C85H148O17P2/c1-5-9-13-17-21-25-29-33-37-38-39-40-44-46-50-54-58-62-66-70-83(88)96-76-81(102-85(90)72-68-64-60-56-52-48-43-36-32-28-24-20-16-12-8-4)78-100-104(93,94)98-74-79(86)73-97-103(91,92)99-77-80(101-84(89)71-67-63-59-55-51-47-42-35-31-27-23-19-15-11-7-3)75-95-82(87)69-65-61-57-53-49-45-41-34-30-26-22-18-14-10-6-2/h9,13,21,25,27-28,31-34,37,39-41,46,50,58,62,79-81,86H,5-8,10-12,14-20,22-24,26,29-30,35-36,38,42-45,47-49,51-57,59-61,63-78H2,1-4H3,(H,91,92)(H,93,94)/b13-9-,25-21-,31-27-,32-28-,37-33-,40-39-,41-34-,50-46-,62-58-/t79-,80+,81+/m0/s1. The van der Waals surface area contributed by atoms with Gasteiger partial charge in [0.1, 0.15) is 19.3 Å². The summed E-state index contributed by atoms with van der Waals surface area (Å²) in [6, 6.07) is 0. The zero-order valence-electron chi connectivity index (χ0n) is 65.7. The lowest BCUT2D eigenvalue weighted by atomic mass is 10.1. The fourth-order valence-electron chi connectivity index (χ4n) is 10.9. The highest BCUT2D eigenvalue weighted by Crippen LogP contribution is 2.45. The van der Waals surface area contributed by atoms with Gasteiger partial charge in [0.15, 0.2) is 12.2 Å². The number of rotatable bonds is 77. The maximum Gasteiger partial charge on any atom is 0.472 e. The van der Waals surface area contributed by atoms with Crippen LogP contribution in [-0.2, 0) is 65.4 Å². The van der Waals surface area contributed by atoms with Gasteiger partial charge >= 0.3 is 39.5 Å². The lowest BCUT2D eigenvalue weighted by Crippen LogP contribution is -2.30. The Labute approximate surface area is 632 Å². The molecule has 0 amide bonds. The smallest absolute Gasteiger partial charge is 0.462 e. The molecular formula is C85H148O17P2. The van der Waals surface area contributed by atoms with Crippen LogP contribution in [0.2, 0.25) is 0 Å². The van der Waals surface area contributed by atoms with Crippen LogP contribution in [-0.4, -0.2) is 96.7 Å². The highest BCUT2D eigenvalue weighted by atomic mass is 31.2. The molecule has 0 radical (unpaired) electrons. The minimum Gasteiger partial charge on any atom is -0.462 e. The monoisotopic (exact) mass is 1500 g/mol. The van der Waals surface area contributed by atoms with Gasteiger partial charge in [0.2, 0.25) is 0 Å². The molecule has 0 saturated heterocycles. The number of esters is 4. The molecule has 0 saturated carbocycles. The third-order valence-corrected chi connectivity index (χ3v) is 19.1. The van der Waals surface area contributed by atoms with E-state index in [1.165, 1.54) is 89.9 Å². The van der Waals surface area contributed by atoms with E-state index in [9.17, 15) is 43.2 Å². The lowest BCUT2D eigenvalue weighted by Gasteiger charge is -2.21. The van der Waals surface area contributed by atoms with E-state index in [1.807, 2.05) is 18.2 Å². The third kappa shape index (κ3) is 75.9. The third-order valence-electron chi connectivity index (χ3n) is 17.2. The average Bonchev–Trinajstić information content (AvgIpc) is 0.918. The maximum absolute atomic E-state index is 13.1. The summed E-state index contributed by atoms with van der Waals surface area (Å²) in [5.41, 5.74) is 0. The van der Waals surface area contributed by atoms with Crippen molar-refractivity contribution in [3.8, 4) is 0 Å². The highest BCUT2D eigenvalue weighted by molar-refractivity contribution is 7.47. The number of aliphatic hydroxyl groups excluding tert-OH is 1. The van der Waals surface area contributed by atoms with Crippen LogP contribution in [0.25, 0.3) is 0 Å². The number of allylic oxidation sites excluding steroid dienone is 18. The van der Waals surface area contributed by atoms with Crippen molar-refractivity contribution in [1.29, 1.82) is 0 Å². The van der Waals surface area contributed by atoms with Gasteiger partial charge in [-0.2, -0.15) is 0 Å². The second kappa shape index (κ2) is 76.9. The van der Waals surface area contributed by atoms with E-state index in [1.54, 1.807) is 0 Å². The van der Waals surface area contributed by atoms with E-state index in [2.05, 4.69) is 119 Å². The molecule has 0 heterocycles. The van der Waals surface area contributed by atoms with E-state index in [0.717, 1.165) is 173 Å². The summed E-state index contributed by atoms with van der Waals surface area (Å²) < 4.78 is 68.6. The molecular weight excluding hydrogens is 1350 g/mol. The van der Waals surface area contributed by atoms with Gasteiger partial charge in [0.25, 0.3) is 0 Å². The summed E-state index contributed by atoms with van der Waals surface area (Å²) >= 11 is 0. The van der Waals surface area contributed by atoms with Crippen molar-refractivity contribution in [3.05, 3.63) is 109 Å². The molecule has 19 heteroatoms. The fourth-order valence-corrected chi connectivity index (χ4v) is 12.5. The molecule has 0 aromatic rings. The first kappa shape index (κ1) is 99.7. The van der Waals surface area contributed by atoms with Crippen molar-refractivity contribution in [1.82, 2.24) is 0 Å². The van der Waals surface area contributed by atoms with Crippen LogP contribution in [0.15, 0.2) is 109 Å². The quantitative estimate of drug-likeness (QED) is 0.0169. The van der Waals surface area contributed by atoms with Crippen LogP contribution in [0.3, 0.4) is 0 Å². The van der Waals surface area contributed by atoms with Gasteiger partial charge in [-0.25, -0.2) is 9.13 Å². The molecule has 104 heavy (non-hydrogen) atoms. The van der Waals surface area contributed by atoms with Gasteiger partial charge in [0, 0.05) is 25.7 Å². The highest BCUT2D eigenvalue weighted by Gasteiger charge is 2.30. The number of carbonyl (C=O) groups is 4. The van der Waals surface area contributed by atoms with Gasteiger partial charge in [-0.1, -0.05) is 291 Å². The van der Waals surface area contributed by atoms with Crippen LogP contribution < -0.4 is 0 Å². The number of carbonyl (C=O) groups excluding carboxylic acids is 4. The van der Waals surface area contributed by atoms with Crippen LogP contribution in [0.1, 0.15) is 349 Å². The molecule has 0 spiro atoms. The van der Waals surface area contributed by atoms with E-state index in [4.69, 9.17) is 37.0 Å². The minimum atomic E-state index is -5.00. The molecule has 0 aliphatic rings. The van der Waals surface area contributed by atoms with Gasteiger partial charge in [0.05, 0.1) is 26.4 Å². The largest absolute Gasteiger partial charge is 0.472 e. The molecule has 0 aliphatic heterocycles. The molecule has 0 aliphatic carbocycles. The summed E-state index contributed by atoms with van der Waals surface area (Å²) in [6.07, 6.45) is 83.6. The number of hydrogen-bond acceptors (Lipinski definition) is 15. The van der Waals surface area contributed by atoms with Crippen LogP contribution in [0.4, 0.5) is 0 Å². The Kier molecular flexibility index (Phi) is 73.7. The number of phosphoric acid groups is 2. The topological polar surface area (TPSA) is 237 Å². The molecule has 17 nitrogen and oxygen atoms in total. The first-order chi connectivity index (χ1) is 50.7. The Morgan fingerprint density at radius 3 is 0.837 bits per heavy atom. The number of ether oxygens (including phenoxy) is 4. The van der Waals surface area contributed by atoms with E-state index >= 15 is 0 Å². The SMILES string of the molecule is CC/C=C\C/C=C\C/C=C\C/C=C\C/C=C\C/C=C\CCC(=O)OC[C@H](COP(=O)(O)OC[C@@H](O)COP(=O)(O)OC[C@@H](COC(=O)CCCCCCC/C=C\CCCCCCCC)OC(=O)CCCCCCCCC/C=C\CCCCCC)OC(=O)CCCCCCCCC/C=C\CCCCCC. The normalized spacial score (nSPS) is 14.4. The summed E-state index contributed by atoms with van der Waals surface area (Å²) in [5.74, 6) is -2.28. The Hall–Kier alpha value is -4.28. The molecule has 0 aromatic heterocycles. The van der Waals surface area contributed by atoms with Gasteiger partial charge in [-0.15, -0.1) is 0 Å².